The molecule has 2 aromatic rings. The average molecular weight is 382 g/mol. The maximum absolute atomic E-state index is 13.0. The number of hydrogen-bond donors (Lipinski definition) is 1. The van der Waals surface area contributed by atoms with E-state index in [0.717, 1.165) is 5.56 Å². The Labute approximate surface area is 163 Å². The highest BCUT2D eigenvalue weighted by Gasteiger charge is 2.27. The molecule has 0 spiro atoms. The predicted octanol–water partition coefficient (Wildman–Crippen LogP) is 3.45. The lowest BCUT2D eigenvalue weighted by molar-refractivity contribution is -0.133. The molecule has 1 aliphatic rings. The standard InChI is InChI=1S/C22H23FN2O3/c1-15(26)17-4-8-20(9-5-17)24-22(28)18-10-12-25(13-11-18)21(27)14-16-2-6-19(23)7-3-16/h2-9,18H,10-14H2,1H3,(H,24,28). The van der Waals surface area contributed by atoms with Gasteiger partial charge in [0.15, 0.2) is 5.78 Å². The topological polar surface area (TPSA) is 66.5 Å². The Balaban J connectivity index is 1.48. The van der Waals surface area contributed by atoms with Gasteiger partial charge in [0.25, 0.3) is 0 Å². The highest BCUT2D eigenvalue weighted by atomic mass is 19.1. The van der Waals surface area contributed by atoms with Gasteiger partial charge in [-0.1, -0.05) is 12.1 Å². The molecule has 0 unspecified atom stereocenters. The normalized spacial score (nSPS) is 14.6. The van der Waals surface area contributed by atoms with Gasteiger partial charge in [-0.25, -0.2) is 4.39 Å². The average Bonchev–Trinajstić information content (AvgIpc) is 2.70. The van der Waals surface area contributed by atoms with Crippen molar-refractivity contribution < 1.29 is 18.8 Å². The van der Waals surface area contributed by atoms with Gasteiger partial charge in [0, 0.05) is 30.3 Å². The molecular formula is C22H23FN2O3. The van der Waals surface area contributed by atoms with E-state index in [1.54, 1.807) is 41.3 Å². The van der Waals surface area contributed by atoms with Crippen LogP contribution in [0.4, 0.5) is 10.1 Å². The van der Waals surface area contributed by atoms with Crippen LogP contribution in [0.25, 0.3) is 0 Å². The number of hydrogen-bond acceptors (Lipinski definition) is 3. The molecule has 1 saturated heterocycles. The number of Topliss-reactive ketones (excluding diaryl/α,β-unsaturated/α-hetero) is 1. The summed E-state index contributed by atoms with van der Waals surface area (Å²) in [5.74, 6) is -0.566. The van der Waals surface area contributed by atoms with Gasteiger partial charge >= 0.3 is 0 Å². The first-order valence-electron chi connectivity index (χ1n) is 9.36. The van der Waals surface area contributed by atoms with Crippen LogP contribution < -0.4 is 5.32 Å². The number of benzene rings is 2. The smallest absolute Gasteiger partial charge is 0.227 e. The fourth-order valence-corrected chi connectivity index (χ4v) is 3.31. The van der Waals surface area contributed by atoms with Crippen molar-refractivity contribution >= 4 is 23.3 Å². The van der Waals surface area contributed by atoms with Crippen LogP contribution in [0.15, 0.2) is 48.5 Å². The van der Waals surface area contributed by atoms with E-state index in [4.69, 9.17) is 0 Å². The van der Waals surface area contributed by atoms with Gasteiger partial charge in [-0.2, -0.15) is 0 Å². The van der Waals surface area contributed by atoms with E-state index in [1.807, 2.05) is 0 Å². The largest absolute Gasteiger partial charge is 0.342 e. The van der Waals surface area contributed by atoms with Crippen LogP contribution in [0.5, 0.6) is 0 Å². The van der Waals surface area contributed by atoms with Crippen LogP contribution in [-0.2, 0) is 16.0 Å². The molecule has 6 heteroatoms. The molecule has 0 bridgehead atoms. The summed E-state index contributed by atoms with van der Waals surface area (Å²) in [6.45, 7) is 2.56. The first-order valence-corrected chi connectivity index (χ1v) is 9.36. The van der Waals surface area contributed by atoms with E-state index < -0.39 is 0 Å². The number of likely N-dealkylation sites (tertiary alicyclic amines) is 1. The second kappa shape index (κ2) is 8.78. The summed E-state index contributed by atoms with van der Waals surface area (Å²) in [7, 11) is 0. The molecule has 5 nitrogen and oxygen atoms in total. The Morgan fingerprint density at radius 3 is 2.18 bits per heavy atom. The van der Waals surface area contributed by atoms with Gasteiger partial charge in [-0.05, 0) is 61.7 Å². The number of nitrogens with zero attached hydrogens (tertiary/aromatic N) is 1. The summed E-state index contributed by atoms with van der Waals surface area (Å²) >= 11 is 0. The molecule has 1 aliphatic heterocycles. The highest BCUT2D eigenvalue weighted by molar-refractivity contribution is 5.96. The number of ketones is 1. The van der Waals surface area contributed by atoms with E-state index >= 15 is 0 Å². The molecule has 3 rings (SSSR count). The molecule has 0 atom stereocenters. The van der Waals surface area contributed by atoms with Crippen LogP contribution in [0.3, 0.4) is 0 Å². The lowest BCUT2D eigenvalue weighted by Gasteiger charge is -2.31. The molecule has 146 valence electrons. The van der Waals surface area contributed by atoms with Crippen LogP contribution >= 0.6 is 0 Å². The molecule has 1 N–H and O–H groups in total. The fourth-order valence-electron chi connectivity index (χ4n) is 3.31. The van der Waals surface area contributed by atoms with Crippen LogP contribution in [0, 0.1) is 11.7 Å². The van der Waals surface area contributed by atoms with E-state index in [2.05, 4.69) is 5.32 Å². The lowest BCUT2D eigenvalue weighted by Crippen LogP contribution is -2.42. The number of amides is 2. The Hall–Kier alpha value is -3.02. The summed E-state index contributed by atoms with van der Waals surface area (Å²) in [5, 5.41) is 2.88. The summed E-state index contributed by atoms with van der Waals surface area (Å²) in [6.07, 6.45) is 1.44. The Bertz CT molecular complexity index is 854. The van der Waals surface area contributed by atoms with Gasteiger partial charge in [0.1, 0.15) is 5.82 Å². The van der Waals surface area contributed by atoms with Crippen LogP contribution in [0.2, 0.25) is 0 Å². The second-order valence-corrected chi connectivity index (χ2v) is 7.08. The Morgan fingerprint density at radius 1 is 1.00 bits per heavy atom. The van der Waals surface area contributed by atoms with Gasteiger partial charge in [0.2, 0.25) is 11.8 Å². The number of halogens is 1. The van der Waals surface area contributed by atoms with Crippen molar-refractivity contribution in [2.75, 3.05) is 18.4 Å². The molecule has 2 aromatic carbocycles. The lowest BCUT2D eigenvalue weighted by atomic mass is 9.95. The van der Waals surface area contributed by atoms with Gasteiger partial charge < -0.3 is 10.2 Å². The first-order chi connectivity index (χ1) is 13.4. The third-order valence-electron chi connectivity index (χ3n) is 5.05. The predicted molar refractivity (Wildman–Crippen MR) is 104 cm³/mol. The van der Waals surface area contributed by atoms with Gasteiger partial charge in [-0.3, -0.25) is 14.4 Å². The van der Waals surface area contributed by atoms with E-state index in [1.165, 1.54) is 19.1 Å². The van der Waals surface area contributed by atoms with Gasteiger partial charge in [0.05, 0.1) is 6.42 Å². The number of anilines is 1. The zero-order valence-electron chi connectivity index (χ0n) is 15.8. The minimum atomic E-state index is -0.320. The molecule has 1 heterocycles. The highest BCUT2D eigenvalue weighted by Crippen LogP contribution is 2.21. The molecular weight excluding hydrogens is 359 g/mol. The molecule has 1 fully saturated rings. The summed E-state index contributed by atoms with van der Waals surface area (Å²) in [5.41, 5.74) is 2.04. The second-order valence-electron chi connectivity index (χ2n) is 7.08. The zero-order chi connectivity index (χ0) is 20.1. The maximum atomic E-state index is 13.0. The van der Waals surface area contributed by atoms with Crippen molar-refractivity contribution in [2.24, 2.45) is 5.92 Å². The number of carbonyl (C=O) groups is 3. The van der Waals surface area contributed by atoms with Crippen molar-refractivity contribution in [3.8, 4) is 0 Å². The molecule has 2 amide bonds. The minimum Gasteiger partial charge on any atom is -0.342 e. The molecule has 0 saturated carbocycles. The van der Waals surface area contributed by atoms with Crippen molar-refractivity contribution in [3.05, 3.63) is 65.5 Å². The molecule has 0 aromatic heterocycles. The summed E-state index contributed by atoms with van der Waals surface area (Å²) < 4.78 is 13.0. The van der Waals surface area contributed by atoms with Crippen molar-refractivity contribution in [1.82, 2.24) is 4.90 Å². The minimum absolute atomic E-state index is 0.00899. The maximum Gasteiger partial charge on any atom is 0.227 e. The number of carbonyl (C=O) groups excluding carboxylic acids is 3. The third-order valence-corrected chi connectivity index (χ3v) is 5.05. The zero-order valence-corrected chi connectivity index (χ0v) is 15.8. The first kappa shape index (κ1) is 19.7. The monoisotopic (exact) mass is 382 g/mol. The fraction of sp³-hybridized carbons (Fsp3) is 0.318. The Morgan fingerprint density at radius 2 is 1.61 bits per heavy atom. The number of rotatable bonds is 5. The molecule has 0 radical (unpaired) electrons. The van der Waals surface area contributed by atoms with Crippen LogP contribution in [-0.4, -0.2) is 35.6 Å². The summed E-state index contributed by atoms with van der Waals surface area (Å²) in [4.78, 5) is 37.9. The van der Waals surface area contributed by atoms with E-state index in [-0.39, 0.29) is 35.8 Å². The van der Waals surface area contributed by atoms with Crippen LogP contribution in [0.1, 0.15) is 35.7 Å². The quantitative estimate of drug-likeness (QED) is 0.806. The number of piperidine rings is 1. The third kappa shape index (κ3) is 5.03. The SMILES string of the molecule is CC(=O)c1ccc(NC(=O)C2CCN(C(=O)Cc3ccc(F)cc3)CC2)cc1. The Kier molecular flexibility index (Phi) is 6.19. The van der Waals surface area contributed by atoms with E-state index in [9.17, 15) is 18.8 Å². The van der Waals surface area contributed by atoms with E-state index in [0.29, 0.717) is 37.2 Å². The van der Waals surface area contributed by atoms with Gasteiger partial charge in [-0.15, -0.1) is 0 Å². The molecule has 0 aliphatic carbocycles. The van der Waals surface area contributed by atoms with Crippen molar-refractivity contribution in [3.63, 3.8) is 0 Å². The van der Waals surface area contributed by atoms with Crippen molar-refractivity contribution in [2.45, 2.75) is 26.2 Å². The number of nitrogens with one attached hydrogen (secondary N) is 1. The summed E-state index contributed by atoms with van der Waals surface area (Å²) in [6, 6.07) is 12.7. The molecule has 28 heavy (non-hydrogen) atoms. The van der Waals surface area contributed by atoms with Crippen molar-refractivity contribution in [1.29, 1.82) is 0 Å².